The molecule has 1 atom stereocenters. The van der Waals surface area contributed by atoms with Gasteiger partial charge in [0.2, 0.25) is 0 Å². The Kier molecular flexibility index (Phi) is 5.09. The van der Waals surface area contributed by atoms with E-state index in [1.54, 1.807) is 51.1 Å². The average Bonchev–Trinajstić information content (AvgIpc) is 2.91. The quantitative estimate of drug-likeness (QED) is 0.576. The predicted molar refractivity (Wildman–Crippen MR) is 122 cm³/mol. The lowest BCUT2D eigenvalue weighted by molar-refractivity contribution is -0.132. The van der Waals surface area contributed by atoms with Gasteiger partial charge < -0.3 is 14.6 Å². The van der Waals surface area contributed by atoms with Crippen LogP contribution in [0.3, 0.4) is 0 Å². The van der Waals surface area contributed by atoms with Crippen molar-refractivity contribution >= 4 is 28.3 Å². The number of hydrogen-bond acceptors (Lipinski definition) is 5. The van der Waals surface area contributed by atoms with Crippen LogP contribution in [0.2, 0.25) is 0 Å². The molecule has 1 aromatic rings. The summed E-state index contributed by atoms with van der Waals surface area (Å²) in [6.07, 6.45) is 6.43. The number of carboxylic acids is 1. The number of rotatable bonds is 4. The van der Waals surface area contributed by atoms with Gasteiger partial charge in [-0.3, -0.25) is 9.59 Å². The number of fused-ring (bicyclic) bond motifs is 2. The van der Waals surface area contributed by atoms with Crippen molar-refractivity contribution in [2.75, 3.05) is 0 Å². The summed E-state index contributed by atoms with van der Waals surface area (Å²) in [5.41, 5.74) is 0.554. The number of carbonyl (C=O) groups is 2. The molecule has 0 aromatic heterocycles. The van der Waals surface area contributed by atoms with Crippen LogP contribution in [0, 0.1) is 11.3 Å². The third kappa shape index (κ3) is 3.54. The Morgan fingerprint density at radius 3 is 2.44 bits per heavy atom. The fourth-order valence-electron chi connectivity index (χ4n) is 4.09. The van der Waals surface area contributed by atoms with Crippen molar-refractivity contribution in [1.29, 1.82) is 0 Å². The number of carbonyl (C=O) groups excluding carboxylic acids is 1. The molecule has 0 saturated heterocycles. The van der Waals surface area contributed by atoms with Crippen molar-refractivity contribution in [2.24, 2.45) is 11.3 Å². The van der Waals surface area contributed by atoms with Gasteiger partial charge in [0.05, 0.1) is 11.0 Å². The molecule has 2 aliphatic carbocycles. The lowest BCUT2D eigenvalue weighted by Gasteiger charge is -2.22. The monoisotopic (exact) mass is 430 g/mol. The first-order valence-electron chi connectivity index (χ1n) is 10.2. The number of ketones is 1. The molecule has 0 spiro atoms. The van der Waals surface area contributed by atoms with Gasteiger partial charge in [0.15, 0.2) is 5.43 Å². The number of aromatic hydroxyl groups is 1. The van der Waals surface area contributed by atoms with Crippen LogP contribution in [-0.2, 0) is 9.59 Å². The van der Waals surface area contributed by atoms with E-state index in [1.807, 2.05) is 0 Å². The first-order valence-corrected chi connectivity index (χ1v) is 10.2. The van der Waals surface area contributed by atoms with Gasteiger partial charge in [-0.05, 0) is 42.8 Å². The molecule has 0 fully saturated rings. The number of hydrogen-bond donors (Lipinski definition) is 2. The third-order valence-electron chi connectivity index (χ3n) is 5.71. The number of Topliss-reactive ketones (excluding diaryl/α,β-unsaturated/α-hetero) is 1. The number of benzene rings is 2. The van der Waals surface area contributed by atoms with Gasteiger partial charge in [0.1, 0.15) is 22.9 Å². The molecule has 0 amide bonds. The smallest absolute Gasteiger partial charge is 0.336 e. The Balaban J connectivity index is 2.09. The summed E-state index contributed by atoms with van der Waals surface area (Å²) in [7, 11) is 0. The van der Waals surface area contributed by atoms with Crippen molar-refractivity contribution in [3.63, 3.8) is 0 Å². The molecule has 162 valence electrons. The van der Waals surface area contributed by atoms with Crippen LogP contribution >= 0.6 is 0 Å². The van der Waals surface area contributed by atoms with Gasteiger partial charge >= 0.3 is 5.97 Å². The van der Waals surface area contributed by atoms with Gasteiger partial charge in [-0.15, -0.1) is 0 Å². The first-order chi connectivity index (χ1) is 15.1. The fraction of sp³-hybridized carbons (Fsp3) is 0.192. The average molecular weight is 430 g/mol. The number of phenols is 1. The molecule has 2 N–H and O–H groups in total. The van der Waals surface area contributed by atoms with E-state index in [9.17, 15) is 24.6 Å². The molecular weight excluding hydrogens is 408 g/mol. The Morgan fingerprint density at radius 1 is 1.03 bits per heavy atom. The summed E-state index contributed by atoms with van der Waals surface area (Å²) in [5, 5.41) is 20.5. The second-order valence-electron chi connectivity index (χ2n) is 8.42. The number of phenolic OH excluding ortho intramolecular Hbond substituents is 1. The summed E-state index contributed by atoms with van der Waals surface area (Å²) in [4.78, 5) is 37.0. The Hall–Kier alpha value is -3.93. The highest BCUT2D eigenvalue weighted by atomic mass is 16.4. The summed E-state index contributed by atoms with van der Waals surface area (Å²) in [6, 6.07) is 8.85. The zero-order valence-electron chi connectivity index (χ0n) is 17.9. The molecule has 1 aliphatic heterocycles. The fourth-order valence-corrected chi connectivity index (χ4v) is 4.09. The van der Waals surface area contributed by atoms with Crippen LogP contribution in [0.5, 0.6) is 5.75 Å². The minimum absolute atomic E-state index is 0.00889. The molecule has 0 bridgehead atoms. The number of aliphatic carboxylic acids is 1. The first kappa shape index (κ1) is 21.3. The molecule has 6 nitrogen and oxygen atoms in total. The molecule has 1 aromatic carbocycles. The van der Waals surface area contributed by atoms with Gasteiger partial charge in [-0.2, -0.15) is 0 Å². The number of carboxylic acid groups (broad SMARTS) is 1. The van der Waals surface area contributed by atoms with Gasteiger partial charge in [0.25, 0.3) is 0 Å². The summed E-state index contributed by atoms with van der Waals surface area (Å²) in [6.45, 7) is 5.36. The topological polar surface area (TPSA) is 105 Å². The van der Waals surface area contributed by atoms with E-state index in [0.29, 0.717) is 27.7 Å². The zero-order chi connectivity index (χ0) is 23.2. The highest BCUT2D eigenvalue weighted by molar-refractivity contribution is 6.10. The van der Waals surface area contributed by atoms with Gasteiger partial charge in [0, 0.05) is 34.6 Å². The normalized spacial score (nSPS) is 18.5. The minimum Gasteiger partial charge on any atom is -0.508 e. The van der Waals surface area contributed by atoms with Crippen molar-refractivity contribution in [3.05, 3.63) is 82.1 Å². The second-order valence-corrected chi connectivity index (χ2v) is 8.42. The SMILES string of the molecule is CC(C)C(=O)C1(C)C=CC(C(=O)O)=C(c2c3ccc(=O)cc-3oc3cc(O)ccc23)C=C1. The van der Waals surface area contributed by atoms with E-state index in [4.69, 9.17) is 4.42 Å². The molecule has 3 aliphatic rings. The maximum absolute atomic E-state index is 12.8. The Morgan fingerprint density at radius 2 is 1.75 bits per heavy atom. The number of allylic oxidation sites excluding steroid dienone is 4. The van der Waals surface area contributed by atoms with Crippen molar-refractivity contribution in [2.45, 2.75) is 20.8 Å². The van der Waals surface area contributed by atoms with Crippen LogP contribution in [0.25, 0.3) is 27.9 Å². The van der Waals surface area contributed by atoms with Gasteiger partial charge in [-0.25, -0.2) is 4.79 Å². The predicted octanol–water partition coefficient (Wildman–Crippen LogP) is 4.80. The van der Waals surface area contributed by atoms with Crippen LogP contribution in [-0.4, -0.2) is 22.0 Å². The third-order valence-corrected chi connectivity index (χ3v) is 5.71. The van der Waals surface area contributed by atoms with E-state index < -0.39 is 11.4 Å². The van der Waals surface area contributed by atoms with E-state index in [0.717, 1.165) is 0 Å². The Bertz CT molecular complexity index is 1390. The summed E-state index contributed by atoms with van der Waals surface area (Å²) < 4.78 is 5.85. The summed E-state index contributed by atoms with van der Waals surface area (Å²) in [5.74, 6) is -1.17. The minimum atomic E-state index is -1.15. The van der Waals surface area contributed by atoms with Crippen LogP contribution in [0.1, 0.15) is 26.3 Å². The lowest BCUT2D eigenvalue weighted by atomic mass is 9.80. The lowest BCUT2D eigenvalue weighted by Crippen LogP contribution is -2.27. The molecule has 4 rings (SSSR count). The largest absolute Gasteiger partial charge is 0.508 e. The van der Waals surface area contributed by atoms with E-state index in [1.165, 1.54) is 30.3 Å². The molecular formula is C26H22O6. The van der Waals surface area contributed by atoms with Crippen LogP contribution < -0.4 is 5.43 Å². The standard InChI is InChI=1S/C26H22O6/c1-14(2)24(29)26(3)10-8-17(18(9-11-26)25(30)31)23-19-6-4-15(27)12-21(19)32-22-13-16(28)5-7-20(22)23/h4-14,27H,1-3H3,(H,30,31). The maximum Gasteiger partial charge on any atom is 0.336 e. The molecule has 0 radical (unpaired) electrons. The van der Waals surface area contributed by atoms with Crippen molar-refractivity contribution < 1.29 is 24.2 Å². The zero-order valence-corrected chi connectivity index (χ0v) is 17.9. The van der Waals surface area contributed by atoms with Crippen molar-refractivity contribution in [3.8, 4) is 17.1 Å². The highest BCUT2D eigenvalue weighted by Crippen LogP contribution is 2.42. The maximum atomic E-state index is 12.8. The second kappa shape index (κ2) is 7.64. The summed E-state index contributed by atoms with van der Waals surface area (Å²) >= 11 is 0. The highest BCUT2D eigenvalue weighted by Gasteiger charge is 2.32. The molecule has 6 heteroatoms. The van der Waals surface area contributed by atoms with Gasteiger partial charge in [-0.1, -0.05) is 32.1 Å². The van der Waals surface area contributed by atoms with E-state index >= 15 is 0 Å². The molecule has 1 unspecified atom stereocenters. The molecule has 1 heterocycles. The van der Waals surface area contributed by atoms with Crippen LogP contribution in [0.15, 0.2) is 75.5 Å². The molecule has 32 heavy (non-hydrogen) atoms. The van der Waals surface area contributed by atoms with E-state index in [-0.39, 0.29) is 34.2 Å². The molecule has 0 saturated carbocycles. The van der Waals surface area contributed by atoms with Crippen molar-refractivity contribution in [1.82, 2.24) is 0 Å². The van der Waals surface area contributed by atoms with E-state index in [2.05, 4.69) is 0 Å². The van der Waals surface area contributed by atoms with Crippen LogP contribution in [0.4, 0.5) is 0 Å². The Labute approximate surface area is 184 Å².